The van der Waals surface area contributed by atoms with Crippen LogP contribution in [0.15, 0.2) is 24.3 Å². The number of rotatable bonds is 6. The minimum absolute atomic E-state index is 0. The van der Waals surface area contributed by atoms with Gasteiger partial charge in [0.2, 0.25) is 5.91 Å². The van der Waals surface area contributed by atoms with E-state index in [-0.39, 0.29) is 30.1 Å². The van der Waals surface area contributed by atoms with E-state index in [9.17, 15) is 9.59 Å². The van der Waals surface area contributed by atoms with Crippen LogP contribution in [-0.2, 0) is 4.79 Å². The number of carbonyl (C=O) groups excluding carboxylic acids is 2. The van der Waals surface area contributed by atoms with Gasteiger partial charge in [0.15, 0.2) is 0 Å². The molecule has 0 radical (unpaired) electrons. The van der Waals surface area contributed by atoms with E-state index in [0.717, 1.165) is 24.8 Å². The average Bonchev–Trinajstić information content (AvgIpc) is 2.99. The van der Waals surface area contributed by atoms with E-state index in [2.05, 4.69) is 10.6 Å². The molecule has 2 amide bonds. The van der Waals surface area contributed by atoms with Crippen molar-refractivity contribution < 1.29 is 9.59 Å². The first-order valence-electron chi connectivity index (χ1n) is 7.94. The molecule has 1 fully saturated rings. The standard InChI is InChI=1S/C17H25N3O2.ClH/c1-12-4-2-5-13(10-12)16(21)19-8-9-20-17(22)15-7-3-6-14(15)11-18;/h2,4-5,10,14-15H,3,6-9,11,18H2,1H3,(H,19,21)(H,20,22);1H/t14-,15-;/m1./s1. The van der Waals surface area contributed by atoms with E-state index < -0.39 is 0 Å². The van der Waals surface area contributed by atoms with Crippen LogP contribution in [-0.4, -0.2) is 31.4 Å². The molecular formula is C17H26ClN3O2. The Balaban J connectivity index is 0.00000264. The zero-order valence-corrected chi connectivity index (χ0v) is 14.3. The Morgan fingerprint density at radius 3 is 2.65 bits per heavy atom. The molecular weight excluding hydrogens is 314 g/mol. The third-order valence-electron chi connectivity index (χ3n) is 4.29. The summed E-state index contributed by atoms with van der Waals surface area (Å²) in [6.07, 6.45) is 3.03. The second kappa shape index (κ2) is 9.53. The van der Waals surface area contributed by atoms with Gasteiger partial charge in [0, 0.05) is 24.6 Å². The summed E-state index contributed by atoms with van der Waals surface area (Å²) in [6, 6.07) is 7.44. The van der Waals surface area contributed by atoms with Gasteiger partial charge in [-0.15, -0.1) is 12.4 Å². The highest BCUT2D eigenvalue weighted by atomic mass is 35.5. The van der Waals surface area contributed by atoms with Crippen LogP contribution in [0.5, 0.6) is 0 Å². The van der Waals surface area contributed by atoms with E-state index in [0.29, 0.717) is 31.1 Å². The molecule has 128 valence electrons. The quantitative estimate of drug-likeness (QED) is 0.689. The predicted octanol–water partition coefficient (Wildman–Crippen LogP) is 1.64. The highest BCUT2D eigenvalue weighted by Gasteiger charge is 2.31. The number of carbonyl (C=O) groups is 2. The lowest BCUT2D eigenvalue weighted by atomic mass is 9.95. The van der Waals surface area contributed by atoms with Crippen molar-refractivity contribution in [3.63, 3.8) is 0 Å². The molecule has 6 heteroatoms. The minimum Gasteiger partial charge on any atom is -0.354 e. The largest absolute Gasteiger partial charge is 0.354 e. The summed E-state index contributed by atoms with van der Waals surface area (Å²) in [4.78, 5) is 24.1. The van der Waals surface area contributed by atoms with E-state index in [1.54, 1.807) is 6.07 Å². The van der Waals surface area contributed by atoms with Crippen molar-refractivity contribution >= 4 is 24.2 Å². The first-order valence-corrected chi connectivity index (χ1v) is 7.94. The van der Waals surface area contributed by atoms with Gasteiger partial charge in [0.1, 0.15) is 0 Å². The van der Waals surface area contributed by atoms with Crippen molar-refractivity contribution in [2.45, 2.75) is 26.2 Å². The number of nitrogens with one attached hydrogen (secondary N) is 2. The van der Waals surface area contributed by atoms with Crippen molar-refractivity contribution in [3.05, 3.63) is 35.4 Å². The van der Waals surface area contributed by atoms with Crippen LogP contribution >= 0.6 is 12.4 Å². The Hall–Kier alpha value is -1.59. The summed E-state index contributed by atoms with van der Waals surface area (Å²) >= 11 is 0. The molecule has 5 nitrogen and oxygen atoms in total. The van der Waals surface area contributed by atoms with Gasteiger partial charge in [0.25, 0.3) is 5.91 Å². The lowest BCUT2D eigenvalue weighted by Gasteiger charge is -2.17. The van der Waals surface area contributed by atoms with Gasteiger partial charge in [-0.1, -0.05) is 24.1 Å². The number of benzene rings is 1. The molecule has 4 N–H and O–H groups in total. The fourth-order valence-electron chi connectivity index (χ4n) is 3.05. The second-order valence-corrected chi connectivity index (χ2v) is 5.95. The van der Waals surface area contributed by atoms with Gasteiger partial charge in [-0.3, -0.25) is 9.59 Å². The van der Waals surface area contributed by atoms with Gasteiger partial charge in [-0.05, 0) is 44.4 Å². The number of halogens is 1. The molecule has 0 heterocycles. The molecule has 1 aromatic carbocycles. The van der Waals surface area contributed by atoms with Gasteiger partial charge >= 0.3 is 0 Å². The topological polar surface area (TPSA) is 84.2 Å². The molecule has 0 unspecified atom stereocenters. The van der Waals surface area contributed by atoms with Crippen molar-refractivity contribution in [2.24, 2.45) is 17.6 Å². The molecule has 0 aliphatic heterocycles. The summed E-state index contributed by atoms with van der Waals surface area (Å²) in [5.41, 5.74) is 7.39. The Labute approximate surface area is 143 Å². The minimum atomic E-state index is -0.112. The first-order chi connectivity index (χ1) is 10.6. The number of aryl methyl sites for hydroxylation is 1. The summed E-state index contributed by atoms with van der Waals surface area (Å²) in [5, 5.41) is 5.72. The van der Waals surface area contributed by atoms with Crippen molar-refractivity contribution in [2.75, 3.05) is 19.6 Å². The van der Waals surface area contributed by atoms with Crippen LogP contribution in [0, 0.1) is 18.8 Å². The normalized spacial score (nSPS) is 19.7. The van der Waals surface area contributed by atoms with Crippen LogP contribution in [0.25, 0.3) is 0 Å². The van der Waals surface area contributed by atoms with Crippen LogP contribution in [0.1, 0.15) is 35.2 Å². The highest BCUT2D eigenvalue weighted by Crippen LogP contribution is 2.30. The van der Waals surface area contributed by atoms with Gasteiger partial charge < -0.3 is 16.4 Å². The van der Waals surface area contributed by atoms with E-state index in [1.165, 1.54) is 0 Å². The maximum atomic E-state index is 12.1. The van der Waals surface area contributed by atoms with Crippen molar-refractivity contribution in [1.29, 1.82) is 0 Å². The van der Waals surface area contributed by atoms with Gasteiger partial charge in [-0.2, -0.15) is 0 Å². The third kappa shape index (κ3) is 5.52. The van der Waals surface area contributed by atoms with Crippen LogP contribution in [0.3, 0.4) is 0 Å². The molecule has 0 saturated heterocycles. The van der Waals surface area contributed by atoms with Crippen LogP contribution in [0.4, 0.5) is 0 Å². The van der Waals surface area contributed by atoms with Crippen molar-refractivity contribution in [3.8, 4) is 0 Å². The monoisotopic (exact) mass is 339 g/mol. The maximum Gasteiger partial charge on any atom is 0.251 e. The molecule has 0 spiro atoms. The second-order valence-electron chi connectivity index (χ2n) is 5.95. The van der Waals surface area contributed by atoms with Crippen LogP contribution in [0.2, 0.25) is 0 Å². The van der Waals surface area contributed by atoms with Crippen LogP contribution < -0.4 is 16.4 Å². The number of hydrogen-bond acceptors (Lipinski definition) is 3. The SMILES string of the molecule is Cc1cccc(C(=O)NCCNC(=O)[C@@H]2CCC[C@@H]2CN)c1.Cl. The van der Waals surface area contributed by atoms with E-state index in [1.807, 2.05) is 25.1 Å². The molecule has 23 heavy (non-hydrogen) atoms. The molecule has 1 saturated carbocycles. The zero-order valence-electron chi connectivity index (χ0n) is 13.5. The average molecular weight is 340 g/mol. The molecule has 2 rings (SSSR count). The molecule has 1 aromatic rings. The summed E-state index contributed by atoms with van der Waals surface area (Å²) in [7, 11) is 0. The zero-order chi connectivity index (χ0) is 15.9. The number of hydrogen-bond donors (Lipinski definition) is 3. The van der Waals surface area contributed by atoms with Crippen molar-refractivity contribution in [1.82, 2.24) is 10.6 Å². The van der Waals surface area contributed by atoms with E-state index >= 15 is 0 Å². The summed E-state index contributed by atoms with van der Waals surface area (Å²) in [6.45, 7) is 3.40. The van der Waals surface area contributed by atoms with E-state index in [4.69, 9.17) is 5.73 Å². The third-order valence-corrected chi connectivity index (χ3v) is 4.29. The number of amides is 2. The fourth-order valence-corrected chi connectivity index (χ4v) is 3.05. The van der Waals surface area contributed by atoms with Gasteiger partial charge in [-0.25, -0.2) is 0 Å². The fraction of sp³-hybridized carbons (Fsp3) is 0.529. The molecule has 0 bridgehead atoms. The molecule has 1 aliphatic rings. The number of nitrogens with two attached hydrogens (primary N) is 1. The Morgan fingerprint density at radius 2 is 1.96 bits per heavy atom. The Bertz CT molecular complexity index is 536. The first kappa shape index (κ1) is 19.5. The molecule has 0 aromatic heterocycles. The maximum absolute atomic E-state index is 12.1. The smallest absolute Gasteiger partial charge is 0.251 e. The summed E-state index contributed by atoms with van der Waals surface area (Å²) in [5.74, 6) is 0.302. The lowest BCUT2D eigenvalue weighted by Crippen LogP contribution is -2.39. The Morgan fingerprint density at radius 1 is 1.22 bits per heavy atom. The molecule has 1 aliphatic carbocycles. The van der Waals surface area contributed by atoms with Gasteiger partial charge in [0.05, 0.1) is 0 Å². The lowest BCUT2D eigenvalue weighted by molar-refractivity contribution is -0.125. The predicted molar refractivity (Wildman–Crippen MR) is 93.7 cm³/mol. The summed E-state index contributed by atoms with van der Waals surface area (Å²) < 4.78 is 0. The molecule has 2 atom stereocenters. The Kier molecular flexibility index (Phi) is 8.06. The highest BCUT2D eigenvalue weighted by molar-refractivity contribution is 5.94.